The van der Waals surface area contributed by atoms with E-state index >= 15 is 0 Å². The van der Waals surface area contributed by atoms with Gasteiger partial charge in [0, 0.05) is 26.2 Å². The maximum atomic E-state index is 12.9. The van der Waals surface area contributed by atoms with E-state index in [2.05, 4.69) is 5.32 Å². The fraction of sp³-hybridized carbons (Fsp3) is 0.667. The number of carbonyl (C=O) groups excluding carboxylic acids is 1. The second-order valence-electron chi connectivity index (χ2n) is 6.57. The maximum absolute atomic E-state index is 12.9. The largest absolute Gasteiger partial charge is 0.464 e. The Balaban J connectivity index is 2.48. The monoisotopic (exact) mass is 344 g/mol. The van der Waals surface area contributed by atoms with Crippen LogP contribution < -0.4 is 5.32 Å². The van der Waals surface area contributed by atoms with Gasteiger partial charge in [-0.3, -0.25) is 0 Å². The van der Waals surface area contributed by atoms with Gasteiger partial charge in [-0.15, -0.1) is 0 Å². The number of furan rings is 1. The van der Waals surface area contributed by atoms with Gasteiger partial charge in [0.15, 0.2) is 0 Å². The first kappa shape index (κ1) is 18.0. The lowest BCUT2D eigenvalue weighted by Gasteiger charge is -2.27. The smallest absolute Gasteiger partial charge is 0.343 e. The lowest BCUT2D eigenvalue weighted by atomic mass is 10.2. The highest BCUT2D eigenvalue weighted by atomic mass is 32.2. The van der Waals surface area contributed by atoms with Crippen LogP contribution in [0, 0.1) is 13.8 Å². The molecule has 8 heteroatoms. The van der Waals surface area contributed by atoms with Crippen molar-refractivity contribution in [3.63, 3.8) is 0 Å². The van der Waals surface area contributed by atoms with Crippen molar-refractivity contribution in [2.75, 3.05) is 26.2 Å². The van der Waals surface area contributed by atoms with Crippen LogP contribution in [-0.4, -0.2) is 50.5 Å². The molecule has 0 spiro atoms. The molecule has 1 aromatic rings. The number of hydrogen-bond acceptors (Lipinski definition) is 6. The molecule has 0 radical (unpaired) electrons. The van der Waals surface area contributed by atoms with Crippen molar-refractivity contribution in [2.24, 2.45) is 0 Å². The Hall–Kier alpha value is -1.38. The van der Waals surface area contributed by atoms with Gasteiger partial charge >= 0.3 is 5.97 Å². The van der Waals surface area contributed by atoms with E-state index in [0.717, 1.165) is 0 Å². The van der Waals surface area contributed by atoms with E-state index < -0.39 is 21.6 Å². The predicted molar refractivity (Wildman–Crippen MR) is 85.0 cm³/mol. The molecule has 1 aliphatic heterocycles. The number of hydrogen-bond donors (Lipinski definition) is 1. The highest BCUT2D eigenvalue weighted by Crippen LogP contribution is 2.31. The molecular weight excluding hydrogens is 320 g/mol. The van der Waals surface area contributed by atoms with Crippen LogP contribution in [0.3, 0.4) is 0 Å². The van der Waals surface area contributed by atoms with E-state index in [1.165, 1.54) is 4.31 Å². The van der Waals surface area contributed by atoms with Crippen LogP contribution in [0.25, 0.3) is 0 Å². The molecule has 0 aromatic carbocycles. The number of sulfonamides is 1. The Morgan fingerprint density at radius 1 is 1.17 bits per heavy atom. The maximum Gasteiger partial charge on any atom is 0.343 e. The number of nitrogens with one attached hydrogen (secondary N) is 1. The fourth-order valence-corrected chi connectivity index (χ4v) is 4.36. The minimum atomic E-state index is -3.80. The predicted octanol–water partition coefficient (Wildman–Crippen LogP) is 1.45. The van der Waals surface area contributed by atoms with Gasteiger partial charge in [0.2, 0.25) is 10.0 Å². The summed E-state index contributed by atoms with van der Waals surface area (Å²) >= 11 is 0. The normalized spacial score (nSPS) is 17.3. The van der Waals surface area contributed by atoms with Gasteiger partial charge in [-0.25, -0.2) is 13.2 Å². The summed E-state index contributed by atoms with van der Waals surface area (Å²) in [4.78, 5) is 12.4. The Bertz CT molecular complexity index is 694. The second kappa shape index (κ2) is 6.26. The molecule has 1 N–H and O–H groups in total. The molecular formula is C15H24N2O5S. The minimum Gasteiger partial charge on any atom is -0.464 e. The number of esters is 1. The van der Waals surface area contributed by atoms with Crippen LogP contribution in [0.15, 0.2) is 9.31 Å². The van der Waals surface area contributed by atoms with Crippen molar-refractivity contribution in [2.45, 2.75) is 45.1 Å². The molecule has 0 saturated carbocycles. The van der Waals surface area contributed by atoms with Crippen molar-refractivity contribution in [3.05, 3.63) is 17.1 Å². The Kier molecular flexibility index (Phi) is 4.89. The summed E-state index contributed by atoms with van der Waals surface area (Å²) in [6, 6.07) is 0. The van der Waals surface area contributed by atoms with Gasteiger partial charge in [-0.05, 0) is 34.6 Å². The molecule has 2 rings (SSSR count). The molecule has 1 saturated heterocycles. The average molecular weight is 344 g/mol. The molecule has 0 aliphatic carbocycles. The first-order valence-corrected chi connectivity index (χ1v) is 9.02. The van der Waals surface area contributed by atoms with Gasteiger partial charge in [-0.2, -0.15) is 4.31 Å². The third-order valence-corrected chi connectivity index (χ3v) is 5.53. The Labute approximate surface area is 137 Å². The SMILES string of the molecule is Cc1oc(C)c(S(=O)(=O)N2CCNCC2)c1C(=O)OC(C)(C)C. The van der Waals surface area contributed by atoms with Crippen LogP contribution in [0.2, 0.25) is 0 Å². The highest BCUT2D eigenvalue weighted by molar-refractivity contribution is 7.89. The van der Waals surface area contributed by atoms with Crippen LogP contribution in [0.1, 0.15) is 42.6 Å². The summed E-state index contributed by atoms with van der Waals surface area (Å²) in [5, 5.41) is 3.11. The minimum absolute atomic E-state index is 0.00374. The van der Waals surface area contributed by atoms with Crippen molar-refractivity contribution in [1.82, 2.24) is 9.62 Å². The van der Waals surface area contributed by atoms with Crippen molar-refractivity contribution < 1.29 is 22.4 Å². The van der Waals surface area contributed by atoms with Gasteiger partial charge in [0.25, 0.3) is 0 Å². The molecule has 0 unspecified atom stereocenters. The molecule has 1 aromatic heterocycles. The van der Waals surface area contributed by atoms with E-state index in [1.54, 1.807) is 34.6 Å². The molecule has 0 atom stereocenters. The molecule has 2 heterocycles. The summed E-state index contributed by atoms with van der Waals surface area (Å²) < 4.78 is 38.0. The van der Waals surface area contributed by atoms with E-state index in [-0.39, 0.29) is 22.0 Å². The average Bonchev–Trinajstić information content (AvgIpc) is 2.73. The molecule has 1 aliphatic rings. The fourth-order valence-electron chi connectivity index (χ4n) is 2.55. The highest BCUT2D eigenvalue weighted by Gasteiger charge is 2.37. The van der Waals surface area contributed by atoms with Crippen molar-refractivity contribution >= 4 is 16.0 Å². The van der Waals surface area contributed by atoms with E-state index in [0.29, 0.717) is 26.2 Å². The van der Waals surface area contributed by atoms with Crippen LogP contribution >= 0.6 is 0 Å². The van der Waals surface area contributed by atoms with Crippen LogP contribution in [-0.2, 0) is 14.8 Å². The van der Waals surface area contributed by atoms with Crippen LogP contribution in [0.5, 0.6) is 0 Å². The number of nitrogens with zero attached hydrogens (tertiary/aromatic N) is 1. The standard InChI is InChI=1S/C15H24N2O5S/c1-10-12(14(18)22-15(3,4)5)13(11(2)21-10)23(19,20)17-8-6-16-7-9-17/h16H,6-9H2,1-5H3. The summed E-state index contributed by atoms with van der Waals surface area (Å²) in [5.41, 5.74) is -0.721. The van der Waals surface area contributed by atoms with Crippen LogP contribution in [0.4, 0.5) is 0 Å². The first-order valence-electron chi connectivity index (χ1n) is 7.58. The third kappa shape index (κ3) is 3.76. The van der Waals surface area contributed by atoms with Crippen molar-refractivity contribution in [3.8, 4) is 0 Å². The third-order valence-electron chi connectivity index (χ3n) is 3.48. The second-order valence-corrected chi connectivity index (χ2v) is 8.45. The Morgan fingerprint density at radius 2 is 1.74 bits per heavy atom. The first-order chi connectivity index (χ1) is 10.5. The zero-order chi connectivity index (χ0) is 17.4. The van der Waals surface area contributed by atoms with Crippen molar-refractivity contribution in [1.29, 1.82) is 0 Å². The molecule has 23 heavy (non-hydrogen) atoms. The van der Waals surface area contributed by atoms with Gasteiger partial charge in [-0.1, -0.05) is 0 Å². The zero-order valence-electron chi connectivity index (χ0n) is 14.2. The van der Waals surface area contributed by atoms with Gasteiger partial charge in [0.1, 0.15) is 27.6 Å². The van der Waals surface area contributed by atoms with Gasteiger partial charge < -0.3 is 14.5 Å². The molecule has 130 valence electrons. The summed E-state index contributed by atoms with van der Waals surface area (Å²) in [6.45, 7) is 10.2. The number of rotatable bonds is 3. The molecule has 0 bridgehead atoms. The number of aryl methyl sites for hydroxylation is 2. The summed E-state index contributed by atoms with van der Waals surface area (Å²) in [6.07, 6.45) is 0. The zero-order valence-corrected chi connectivity index (χ0v) is 15.0. The topological polar surface area (TPSA) is 88.9 Å². The number of ether oxygens (including phenoxy) is 1. The lowest BCUT2D eigenvalue weighted by Crippen LogP contribution is -2.46. The van der Waals surface area contributed by atoms with E-state index in [9.17, 15) is 13.2 Å². The number of piperazine rings is 1. The lowest BCUT2D eigenvalue weighted by molar-refractivity contribution is 0.00636. The molecule has 7 nitrogen and oxygen atoms in total. The van der Waals surface area contributed by atoms with Gasteiger partial charge in [0.05, 0.1) is 0 Å². The molecule has 1 fully saturated rings. The summed E-state index contributed by atoms with van der Waals surface area (Å²) in [5.74, 6) is -0.215. The Morgan fingerprint density at radius 3 is 2.26 bits per heavy atom. The van der Waals surface area contributed by atoms with E-state index in [1.807, 2.05) is 0 Å². The molecule has 0 amide bonds. The summed E-state index contributed by atoms with van der Waals surface area (Å²) in [7, 11) is -3.80. The number of carbonyl (C=O) groups is 1. The quantitative estimate of drug-likeness (QED) is 0.835. The van der Waals surface area contributed by atoms with E-state index in [4.69, 9.17) is 9.15 Å².